The minimum Gasteiger partial charge on any atom is -0.481 e. The van der Waals surface area contributed by atoms with Crippen molar-refractivity contribution in [3.05, 3.63) is 0 Å². The van der Waals surface area contributed by atoms with E-state index in [4.69, 9.17) is 0 Å². The Morgan fingerprint density at radius 1 is 1.00 bits per heavy atom. The molecule has 1 amide bonds. The van der Waals surface area contributed by atoms with Gasteiger partial charge in [0.15, 0.2) is 0 Å². The lowest BCUT2D eigenvalue weighted by Crippen LogP contribution is -2.45. The fraction of sp³-hybridized carbons (Fsp3) is 0.867. The second-order valence-corrected chi connectivity index (χ2v) is 6.18. The fourth-order valence-corrected chi connectivity index (χ4v) is 3.65. The largest absolute Gasteiger partial charge is 0.481 e. The zero-order valence-corrected chi connectivity index (χ0v) is 11.7. The number of rotatable bonds is 4. The van der Waals surface area contributed by atoms with E-state index in [9.17, 15) is 14.7 Å². The van der Waals surface area contributed by atoms with Crippen molar-refractivity contribution in [2.75, 3.05) is 0 Å². The molecule has 0 spiro atoms. The molecule has 2 saturated carbocycles. The maximum absolute atomic E-state index is 12.3. The number of carboxylic acid groups (broad SMARTS) is 1. The number of amides is 1. The summed E-state index contributed by atoms with van der Waals surface area (Å²) in [6.45, 7) is 2.06. The monoisotopic (exact) mass is 267 g/mol. The van der Waals surface area contributed by atoms with Crippen molar-refractivity contribution in [1.29, 1.82) is 0 Å². The van der Waals surface area contributed by atoms with E-state index in [0.29, 0.717) is 12.3 Å². The standard InChI is InChI=1S/C15H25NO3/c1-10(11-6-2-3-7-11)16-14(17)12-8-4-5-9-13(12)15(18)19/h10-13H,2-9H2,1H3,(H,16,17)(H,18,19)/t10?,12-,13+/m1/s1. The first-order valence-corrected chi connectivity index (χ1v) is 7.62. The Morgan fingerprint density at radius 2 is 1.53 bits per heavy atom. The number of nitrogens with one attached hydrogen (secondary N) is 1. The summed E-state index contributed by atoms with van der Waals surface area (Å²) < 4.78 is 0. The smallest absolute Gasteiger partial charge is 0.307 e. The van der Waals surface area contributed by atoms with Crippen LogP contribution in [0.5, 0.6) is 0 Å². The molecule has 0 saturated heterocycles. The van der Waals surface area contributed by atoms with E-state index in [1.165, 1.54) is 25.7 Å². The van der Waals surface area contributed by atoms with Crippen molar-refractivity contribution >= 4 is 11.9 Å². The normalized spacial score (nSPS) is 29.9. The number of hydrogen-bond donors (Lipinski definition) is 2. The molecule has 0 bridgehead atoms. The van der Waals surface area contributed by atoms with Gasteiger partial charge in [-0.05, 0) is 38.5 Å². The van der Waals surface area contributed by atoms with Crippen molar-refractivity contribution in [3.63, 3.8) is 0 Å². The molecule has 2 rings (SSSR count). The molecule has 0 aliphatic heterocycles. The van der Waals surface area contributed by atoms with Crippen LogP contribution in [0.3, 0.4) is 0 Å². The molecule has 19 heavy (non-hydrogen) atoms. The van der Waals surface area contributed by atoms with Crippen LogP contribution in [-0.4, -0.2) is 23.0 Å². The summed E-state index contributed by atoms with van der Waals surface area (Å²) in [5, 5.41) is 12.3. The van der Waals surface area contributed by atoms with Crippen molar-refractivity contribution in [3.8, 4) is 0 Å². The molecule has 0 aromatic heterocycles. The lowest BCUT2D eigenvalue weighted by Gasteiger charge is -2.30. The maximum atomic E-state index is 12.3. The molecule has 0 radical (unpaired) electrons. The van der Waals surface area contributed by atoms with Gasteiger partial charge in [-0.15, -0.1) is 0 Å². The fourth-order valence-electron chi connectivity index (χ4n) is 3.65. The van der Waals surface area contributed by atoms with E-state index in [1.807, 2.05) is 0 Å². The van der Waals surface area contributed by atoms with Gasteiger partial charge in [-0.1, -0.05) is 25.7 Å². The van der Waals surface area contributed by atoms with Gasteiger partial charge in [0.1, 0.15) is 0 Å². The van der Waals surface area contributed by atoms with Crippen LogP contribution in [0.1, 0.15) is 58.3 Å². The van der Waals surface area contributed by atoms with Crippen LogP contribution in [0, 0.1) is 17.8 Å². The highest BCUT2D eigenvalue weighted by molar-refractivity contribution is 5.85. The van der Waals surface area contributed by atoms with Gasteiger partial charge in [0.25, 0.3) is 0 Å². The number of carboxylic acids is 1. The van der Waals surface area contributed by atoms with Gasteiger partial charge in [0.05, 0.1) is 11.8 Å². The van der Waals surface area contributed by atoms with Gasteiger partial charge in [-0.3, -0.25) is 9.59 Å². The second kappa shape index (κ2) is 6.40. The van der Waals surface area contributed by atoms with E-state index in [-0.39, 0.29) is 17.9 Å². The van der Waals surface area contributed by atoms with Crippen LogP contribution >= 0.6 is 0 Å². The van der Waals surface area contributed by atoms with Gasteiger partial charge in [-0.25, -0.2) is 0 Å². The molecular formula is C15H25NO3. The van der Waals surface area contributed by atoms with E-state index in [1.54, 1.807) is 0 Å². The van der Waals surface area contributed by atoms with Gasteiger partial charge < -0.3 is 10.4 Å². The Kier molecular flexibility index (Phi) is 4.83. The Bertz CT molecular complexity index is 336. The summed E-state index contributed by atoms with van der Waals surface area (Å²) >= 11 is 0. The first-order valence-electron chi connectivity index (χ1n) is 7.62. The van der Waals surface area contributed by atoms with E-state index in [0.717, 1.165) is 19.3 Å². The van der Waals surface area contributed by atoms with Crippen LogP contribution in [0.4, 0.5) is 0 Å². The minimum absolute atomic E-state index is 0.0356. The SMILES string of the molecule is CC(NC(=O)[C@@H]1CCCC[C@@H]1C(=O)O)C1CCCC1. The lowest BCUT2D eigenvalue weighted by atomic mass is 9.78. The molecule has 1 unspecified atom stereocenters. The lowest BCUT2D eigenvalue weighted by molar-refractivity contribution is -0.149. The van der Waals surface area contributed by atoms with Gasteiger partial charge in [0.2, 0.25) is 5.91 Å². The van der Waals surface area contributed by atoms with Crippen LogP contribution in [0.2, 0.25) is 0 Å². The zero-order chi connectivity index (χ0) is 13.8. The molecule has 108 valence electrons. The third-order valence-electron chi connectivity index (χ3n) is 4.90. The highest BCUT2D eigenvalue weighted by Crippen LogP contribution is 2.32. The average molecular weight is 267 g/mol. The molecule has 0 aromatic carbocycles. The quantitative estimate of drug-likeness (QED) is 0.822. The predicted octanol–water partition coefficient (Wildman–Crippen LogP) is 2.57. The average Bonchev–Trinajstić information content (AvgIpc) is 2.92. The van der Waals surface area contributed by atoms with Crippen molar-refractivity contribution in [1.82, 2.24) is 5.32 Å². The Morgan fingerprint density at radius 3 is 2.11 bits per heavy atom. The summed E-state index contributed by atoms with van der Waals surface area (Å²) in [5.74, 6) is -1.07. The highest BCUT2D eigenvalue weighted by atomic mass is 16.4. The Hall–Kier alpha value is -1.06. The second-order valence-electron chi connectivity index (χ2n) is 6.18. The van der Waals surface area contributed by atoms with E-state index >= 15 is 0 Å². The summed E-state index contributed by atoms with van der Waals surface area (Å²) in [6.07, 6.45) is 8.16. The minimum atomic E-state index is -0.812. The number of aliphatic carboxylic acids is 1. The van der Waals surface area contributed by atoms with Crippen LogP contribution in [-0.2, 0) is 9.59 Å². The van der Waals surface area contributed by atoms with E-state index < -0.39 is 11.9 Å². The van der Waals surface area contributed by atoms with Crippen molar-refractivity contribution < 1.29 is 14.7 Å². The van der Waals surface area contributed by atoms with Crippen LogP contribution in [0.15, 0.2) is 0 Å². The molecule has 0 aromatic rings. The molecular weight excluding hydrogens is 242 g/mol. The third kappa shape index (κ3) is 3.48. The van der Waals surface area contributed by atoms with Crippen LogP contribution in [0.25, 0.3) is 0 Å². The highest BCUT2D eigenvalue weighted by Gasteiger charge is 2.36. The molecule has 2 aliphatic rings. The summed E-state index contributed by atoms with van der Waals surface area (Å²) in [5.41, 5.74) is 0. The predicted molar refractivity (Wildman–Crippen MR) is 72.6 cm³/mol. The molecule has 0 heterocycles. The Labute approximate surface area is 115 Å². The molecule has 2 aliphatic carbocycles. The number of hydrogen-bond acceptors (Lipinski definition) is 2. The van der Waals surface area contributed by atoms with Crippen LogP contribution < -0.4 is 5.32 Å². The van der Waals surface area contributed by atoms with Gasteiger partial charge in [0, 0.05) is 6.04 Å². The molecule has 3 atom stereocenters. The molecule has 2 fully saturated rings. The molecule has 2 N–H and O–H groups in total. The molecule has 4 heteroatoms. The maximum Gasteiger partial charge on any atom is 0.307 e. The summed E-state index contributed by atoms with van der Waals surface area (Å²) in [7, 11) is 0. The Balaban J connectivity index is 1.91. The summed E-state index contributed by atoms with van der Waals surface area (Å²) in [6, 6.07) is 0.186. The topological polar surface area (TPSA) is 66.4 Å². The first-order chi connectivity index (χ1) is 9.09. The number of carbonyl (C=O) groups is 2. The molecule has 4 nitrogen and oxygen atoms in total. The van der Waals surface area contributed by atoms with Gasteiger partial charge in [-0.2, -0.15) is 0 Å². The first kappa shape index (κ1) is 14.4. The summed E-state index contributed by atoms with van der Waals surface area (Å²) in [4.78, 5) is 23.5. The van der Waals surface area contributed by atoms with Gasteiger partial charge >= 0.3 is 5.97 Å². The van der Waals surface area contributed by atoms with Crippen molar-refractivity contribution in [2.45, 2.75) is 64.3 Å². The van der Waals surface area contributed by atoms with E-state index in [2.05, 4.69) is 12.2 Å². The van der Waals surface area contributed by atoms with Crippen molar-refractivity contribution in [2.24, 2.45) is 17.8 Å². The number of carbonyl (C=O) groups excluding carboxylic acids is 1. The zero-order valence-electron chi connectivity index (χ0n) is 11.7. The third-order valence-corrected chi connectivity index (χ3v) is 4.90.